The van der Waals surface area contributed by atoms with E-state index >= 15 is 0 Å². The molecule has 4 rings (SSSR count). The fraction of sp³-hybridized carbons (Fsp3) is 0.286. The lowest BCUT2D eigenvalue weighted by Gasteiger charge is -2.32. The van der Waals surface area contributed by atoms with E-state index in [-0.39, 0.29) is 37.5 Å². The van der Waals surface area contributed by atoms with Gasteiger partial charge in [-0.3, -0.25) is 14.5 Å². The summed E-state index contributed by atoms with van der Waals surface area (Å²) >= 11 is 0. The van der Waals surface area contributed by atoms with Gasteiger partial charge in [-0.05, 0) is 36.8 Å². The Morgan fingerprint density at radius 1 is 1.30 bits per heavy atom. The summed E-state index contributed by atoms with van der Waals surface area (Å²) in [5, 5.41) is 5.49. The second-order valence-electron chi connectivity index (χ2n) is 7.06. The number of rotatable bonds is 6. The van der Waals surface area contributed by atoms with E-state index in [2.05, 4.69) is 10.6 Å². The quantitative estimate of drug-likeness (QED) is 0.758. The molecule has 2 aliphatic rings. The second kappa shape index (κ2) is 8.02. The van der Waals surface area contributed by atoms with E-state index in [0.29, 0.717) is 29.1 Å². The fourth-order valence-corrected chi connectivity index (χ4v) is 3.77. The van der Waals surface area contributed by atoms with E-state index in [4.69, 9.17) is 4.42 Å². The summed E-state index contributed by atoms with van der Waals surface area (Å²) < 4.78 is 18.9. The third-order valence-corrected chi connectivity index (χ3v) is 5.17. The molecule has 0 aliphatic carbocycles. The van der Waals surface area contributed by atoms with Crippen LogP contribution in [0.25, 0.3) is 0 Å². The summed E-state index contributed by atoms with van der Waals surface area (Å²) in [6.07, 6.45) is 1.51. The van der Waals surface area contributed by atoms with Gasteiger partial charge in [-0.2, -0.15) is 0 Å². The van der Waals surface area contributed by atoms with Gasteiger partial charge in [0.05, 0.1) is 36.7 Å². The molecule has 1 atom stereocenters. The van der Waals surface area contributed by atoms with Crippen molar-refractivity contribution in [3.8, 4) is 0 Å². The molecule has 0 radical (unpaired) electrons. The molecule has 0 spiro atoms. The number of halogens is 1. The largest absolute Gasteiger partial charge is 0.467 e. The first-order valence-electron chi connectivity index (χ1n) is 9.62. The molecule has 4 amide bonds. The normalized spacial score (nSPS) is 18.5. The van der Waals surface area contributed by atoms with Crippen LogP contribution in [0.4, 0.5) is 9.18 Å². The van der Waals surface area contributed by atoms with Gasteiger partial charge in [-0.1, -0.05) is 12.1 Å². The van der Waals surface area contributed by atoms with Crippen molar-refractivity contribution >= 4 is 17.8 Å². The number of carbonyl (C=O) groups excluding carboxylic acids is 3. The number of hydrogen-bond acceptors (Lipinski definition) is 4. The van der Waals surface area contributed by atoms with Gasteiger partial charge < -0.3 is 20.0 Å². The molecule has 0 saturated carbocycles. The average molecular weight is 412 g/mol. The van der Waals surface area contributed by atoms with Gasteiger partial charge >= 0.3 is 6.03 Å². The van der Waals surface area contributed by atoms with Crippen LogP contribution in [-0.4, -0.2) is 47.3 Å². The van der Waals surface area contributed by atoms with E-state index in [1.807, 2.05) is 0 Å². The fourth-order valence-electron chi connectivity index (χ4n) is 3.77. The van der Waals surface area contributed by atoms with Crippen LogP contribution in [0.15, 0.2) is 58.3 Å². The van der Waals surface area contributed by atoms with Crippen molar-refractivity contribution < 1.29 is 23.2 Å². The lowest BCUT2D eigenvalue weighted by molar-refractivity contribution is -0.132. The van der Waals surface area contributed by atoms with E-state index < -0.39 is 11.9 Å². The van der Waals surface area contributed by atoms with Crippen molar-refractivity contribution in [2.24, 2.45) is 0 Å². The van der Waals surface area contributed by atoms with Crippen LogP contribution < -0.4 is 10.6 Å². The highest BCUT2D eigenvalue weighted by atomic mass is 19.1. The summed E-state index contributed by atoms with van der Waals surface area (Å²) in [4.78, 5) is 40.9. The Morgan fingerprint density at radius 3 is 2.83 bits per heavy atom. The van der Waals surface area contributed by atoms with Crippen molar-refractivity contribution in [1.29, 1.82) is 0 Å². The minimum atomic E-state index is -0.769. The minimum Gasteiger partial charge on any atom is -0.467 e. The first-order valence-corrected chi connectivity index (χ1v) is 9.62. The number of urea groups is 1. The van der Waals surface area contributed by atoms with Gasteiger partial charge in [0.15, 0.2) is 0 Å². The molecule has 30 heavy (non-hydrogen) atoms. The van der Waals surface area contributed by atoms with Crippen LogP contribution in [0.2, 0.25) is 0 Å². The number of furan rings is 1. The third kappa shape index (κ3) is 3.66. The summed E-state index contributed by atoms with van der Waals surface area (Å²) in [6.45, 7) is 2.36. The zero-order chi connectivity index (χ0) is 21.3. The number of carbonyl (C=O) groups is 3. The molecule has 0 unspecified atom stereocenters. The molecule has 0 fully saturated rings. The Balaban J connectivity index is 1.54. The van der Waals surface area contributed by atoms with E-state index in [9.17, 15) is 18.8 Å². The van der Waals surface area contributed by atoms with Crippen LogP contribution in [-0.2, 0) is 16.1 Å². The molecule has 1 aromatic heterocycles. The molecule has 156 valence electrons. The lowest BCUT2D eigenvalue weighted by Crippen LogP contribution is -2.47. The smallest absolute Gasteiger partial charge is 0.322 e. The molecular weight excluding hydrogens is 391 g/mol. The molecule has 2 aliphatic heterocycles. The van der Waals surface area contributed by atoms with E-state index in [0.717, 1.165) is 0 Å². The maximum Gasteiger partial charge on any atom is 0.322 e. The Morgan fingerprint density at radius 2 is 2.13 bits per heavy atom. The minimum absolute atomic E-state index is 0.134. The van der Waals surface area contributed by atoms with Gasteiger partial charge in [-0.25, -0.2) is 9.18 Å². The zero-order valence-corrected chi connectivity index (χ0v) is 16.4. The molecule has 9 heteroatoms. The summed E-state index contributed by atoms with van der Waals surface area (Å²) in [6, 6.07) is 8.12. The van der Waals surface area contributed by atoms with Crippen molar-refractivity contribution in [3.05, 3.63) is 71.1 Å². The predicted octanol–water partition coefficient (Wildman–Crippen LogP) is 1.92. The Labute approximate surface area is 172 Å². The maximum atomic E-state index is 13.8. The van der Waals surface area contributed by atoms with Crippen molar-refractivity contribution in [1.82, 2.24) is 20.4 Å². The van der Waals surface area contributed by atoms with Crippen LogP contribution in [0.3, 0.4) is 0 Å². The van der Waals surface area contributed by atoms with Gasteiger partial charge in [-0.15, -0.1) is 0 Å². The number of benzene rings is 1. The number of likely N-dealkylation sites (N-methyl/N-ethyl adjacent to an activating group) is 1. The Hall–Kier alpha value is -3.62. The van der Waals surface area contributed by atoms with Gasteiger partial charge in [0.2, 0.25) is 5.91 Å². The Kier molecular flexibility index (Phi) is 5.26. The molecular formula is C21H21FN4O4. The van der Waals surface area contributed by atoms with Crippen molar-refractivity contribution in [2.75, 3.05) is 19.6 Å². The molecule has 2 N–H and O–H groups in total. The summed E-state index contributed by atoms with van der Waals surface area (Å²) in [5.74, 6) is -0.553. The van der Waals surface area contributed by atoms with Crippen molar-refractivity contribution in [2.45, 2.75) is 19.5 Å². The molecule has 2 aromatic rings. The first kappa shape index (κ1) is 19.7. The average Bonchev–Trinajstić information content (AvgIpc) is 3.35. The van der Waals surface area contributed by atoms with Crippen molar-refractivity contribution in [3.63, 3.8) is 0 Å². The van der Waals surface area contributed by atoms with Gasteiger partial charge in [0.25, 0.3) is 5.91 Å². The second-order valence-corrected chi connectivity index (χ2v) is 7.06. The highest BCUT2D eigenvalue weighted by Gasteiger charge is 2.44. The van der Waals surface area contributed by atoms with Crippen LogP contribution in [0.1, 0.15) is 24.3 Å². The number of nitrogens with zero attached hydrogens (tertiary/aromatic N) is 2. The highest BCUT2D eigenvalue weighted by molar-refractivity contribution is 6.03. The van der Waals surface area contributed by atoms with E-state index in [1.54, 1.807) is 25.1 Å². The molecule has 3 heterocycles. The molecule has 1 aromatic carbocycles. The molecule has 8 nitrogen and oxygen atoms in total. The zero-order valence-electron chi connectivity index (χ0n) is 16.4. The molecule has 0 bridgehead atoms. The maximum absolute atomic E-state index is 13.8. The number of amides is 4. The monoisotopic (exact) mass is 412 g/mol. The number of nitrogens with one attached hydrogen (secondary N) is 2. The van der Waals surface area contributed by atoms with Crippen LogP contribution in [0, 0.1) is 5.82 Å². The van der Waals surface area contributed by atoms with Crippen LogP contribution in [0.5, 0.6) is 0 Å². The predicted molar refractivity (Wildman–Crippen MR) is 104 cm³/mol. The van der Waals surface area contributed by atoms with E-state index in [1.165, 1.54) is 34.3 Å². The summed E-state index contributed by atoms with van der Waals surface area (Å²) in [7, 11) is 0. The topological polar surface area (TPSA) is 94.9 Å². The van der Waals surface area contributed by atoms with Gasteiger partial charge in [0, 0.05) is 6.54 Å². The molecule has 0 saturated heterocycles. The Bertz CT molecular complexity index is 1020. The van der Waals surface area contributed by atoms with Crippen LogP contribution >= 0.6 is 0 Å². The lowest BCUT2D eigenvalue weighted by atomic mass is 9.95. The standard InChI is InChI=1S/C21H21FN4O4/c1-2-26-16-11-25(12-17(27)23-10-15-7-4-8-30-15)20(28)18(16)19(24-21(26)29)13-5-3-6-14(22)9-13/h3-9,19H,2,10-12H2,1H3,(H,23,27)(H,24,29)/t19-/m1/s1. The SMILES string of the molecule is CCN1C(=O)N[C@H](c2cccc(F)c2)C2=C1CN(CC(=O)NCc1ccco1)C2=O. The first-order chi connectivity index (χ1) is 14.5. The van der Waals surface area contributed by atoms with Gasteiger partial charge in [0.1, 0.15) is 18.1 Å². The number of hydrogen-bond donors (Lipinski definition) is 2. The third-order valence-electron chi connectivity index (χ3n) is 5.17. The highest BCUT2D eigenvalue weighted by Crippen LogP contribution is 2.36. The summed E-state index contributed by atoms with van der Waals surface area (Å²) in [5.41, 5.74) is 1.38.